The lowest BCUT2D eigenvalue weighted by Crippen LogP contribution is -1.91. The number of hydrogen-bond donors (Lipinski definition) is 0. The summed E-state index contributed by atoms with van der Waals surface area (Å²) in [5.41, 5.74) is 0.221. The van der Waals surface area contributed by atoms with Crippen LogP contribution >= 0.6 is 23.5 Å². The van der Waals surface area contributed by atoms with Gasteiger partial charge in [-0.05, 0) is 59.0 Å². The second kappa shape index (κ2) is 4.55. The summed E-state index contributed by atoms with van der Waals surface area (Å²) in [6, 6.07) is 0. The van der Waals surface area contributed by atoms with Crippen LogP contribution in [-0.4, -0.2) is 0 Å². The Morgan fingerprint density at radius 2 is 0.812 bits per heavy atom. The normalized spacial score (nSPS) is 21.2. The van der Waals surface area contributed by atoms with Crippen LogP contribution < -0.4 is 0 Å². The minimum Gasteiger partial charge on any atom is -0.199 e. The molecule has 0 bridgehead atoms. The lowest BCUT2D eigenvalue weighted by Gasteiger charge is -2.10. The van der Waals surface area contributed by atoms with Crippen LogP contribution in [0.15, 0.2) is 56.1 Å². The smallest absolute Gasteiger partial charge is 0.164 e. The van der Waals surface area contributed by atoms with Crippen LogP contribution in [0.25, 0.3) is 0 Å². The quantitative estimate of drug-likeness (QED) is 0.563. The Bertz CT molecular complexity index is 399. The zero-order valence-electron chi connectivity index (χ0n) is 7.64. The van der Waals surface area contributed by atoms with Gasteiger partial charge in [0.05, 0.1) is 0 Å². The van der Waals surface area contributed by atoms with Crippen molar-refractivity contribution in [3.05, 3.63) is 56.1 Å². The first-order valence-electron chi connectivity index (χ1n) is 4.13. The van der Waals surface area contributed by atoms with Crippen molar-refractivity contribution in [3.8, 4) is 0 Å². The summed E-state index contributed by atoms with van der Waals surface area (Å²) in [5, 5.41) is -2.99. The molecular weight excluding hydrogens is 260 g/mol. The van der Waals surface area contributed by atoms with E-state index in [2.05, 4.69) is 0 Å². The molecule has 0 saturated heterocycles. The highest BCUT2D eigenvalue weighted by atomic mass is 32.2. The van der Waals surface area contributed by atoms with E-state index in [1.807, 2.05) is 0 Å². The highest BCUT2D eigenvalue weighted by molar-refractivity contribution is 8.06. The van der Waals surface area contributed by atoms with E-state index in [-0.39, 0.29) is 11.1 Å². The molecule has 0 aromatic heterocycles. The van der Waals surface area contributed by atoms with E-state index in [1.54, 1.807) is 0 Å². The third kappa shape index (κ3) is 2.62. The molecule has 16 heavy (non-hydrogen) atoms. The maximum Gasteiger partial charge on any atom is 0.164 e. The Morgan fingerprint density at radius 3 is 1.06 bits per heavy atom. The molecule has 0 atom stereocenters. The van der Waals surface area contributed by atoms with Crippen molar-refractivity contribution < 1.29 is 17.6 Å². The van der Waals surface area contributed by atoms with E-state index >= 15 is 0 Å². The fourth-order valence-electron chi connectivity index (χ4n) is 1.21. The van der Waals surface area contributed by atoms with Crippen molar-refractivity contribution in [1.29, 1.82) is 0 Å². The Hall–Kier alpha value is -0.880. The first-order chi connectivity index (χ1) is 7.54. The number of halogens is 4. The van der Waals surface area contributed by atoms with Crippen molar-refractivity contribution in [1.82, 2.24) is 0 Å². The van der Waals surface area contributed by atoms with E-state index in [0.29, 0.717) is 23.5 Å². The SMILES string of the molecule is FC1=CC(=C2C=C(F)SC(F)=C2)C=C(F)S1. The van der Waals surface area contributed by atoms with Gasteiger partial charge >= 0.3 is 0 Å². The summed E-state index contributed by atoms with van der Waals surface area (Å²) < 4.78 is 51.6. The molecule has 0 radical (unpaired) electrons. The zero-order chi connectivity index (χ0) is 11.7. The fourth-order valence-corrected chi connectivity index (χ4v) is 2.33. The molecule has 0 fully saturated rings. The average Bonchev–Trinajstić information content (AvgIpc) is 2.14. The van der Waals surface area contributed by atoms with Gasteiger partial charge in [0, 0.05) is 0 Å². The molecule has 6 heteroatoms. The van der Waals surface area contributed by atoms with Gasteiger partial charge in [0.15, 0.2) is 20.6 Å². The summed E-state index contributed by atoms with van der Waals surface area (Å²) >= 11 is 0.662. The molecule has 84 valence electrons. The van der Waals surface area contributed by atoms with Crippen molar-refractivity contribution in [3.63, 3.8) is 0 Å². The van der Waals surface area contributed by atoms with Gasteiger partial charge in [0.2, 0.25) is 0 Å². The van der Waals surface area contributed by atoms with Gasteiger partial charge in [-0.25, -0.2) is 0 Å². The molecular formula is C10H4F4S2. The van der Waals surface area contributed by atoms with Crippen molar-refractivity contribution in [2.45, 2.75) is 0 Å². The predicted molar refractivity (Wildman–Crippen MR) is 59.0 cm³/mol. The van der Waals surface area contributed by atoms with E-state index in [9.17, 15) is 17.6 Å². The van der Waals surface area contributed by atoms with Crippen molar-refractivity contribution >= 4 is 23.5 Å². The van der Waals surface area contributed by atoms with Gasteiger partial charge in [0.1, 0.15) is 0 Å². The molecule has 0 amide bonds. The zero-order valence-corrected chi connectivity index (χ0v) is 9.27. The van der Waals surface area contributed by atoms with Crippen LogP contribution in [0, 0.1) is 0 Å². The third-order valence-electron chi connectivity index (χ3n) is 1.80. The first kappa shape index (κ1) is 11.6. The minimum absolute atomic E-state index is 0.111. The summed E-state index contributed by atoms with van der Waals surface area (Å²) in [4.78, 5) is 0. The predicted octanol–water partition coefficient (Wildman–Crippen LogP) is 5.02. The maximum atomic E-state index is 12.9. The first-order valence-corrected chi connectivity index (χ1v) is 5.76. The van der Waals surface area contributed by atoms with Crippen LogP contribution in [0.3, 0.4) is 0 Å². The van der Waals surface area contributed by atoms with Crippen LogP contribution in [0.4, 0.5) is 17.6 Å². The topological polar surface area (TPSA) is 0 Å². The van der Waals surface area contributed by atoms with Crippen molar-refractivity contribution in [2.24, 2.45) is 0 Å². The summed E-state index contributed by atoms with van der Waals surface area (Å²) in [6.45, 7) is 0. The van der Waals surface area contributed by atoms with Gasteiger partial charge in [-0.15, -0.1) is 0 Å². The molecule has 2 rings (SSSR count). The lowest BCUT2D eigenvalue weighted by molar-refractivity contribution is 0.671. The van der Waals surface area contributed by atoms with Gasteiger partial charge in [-0.1, -0.05) is 0 Å². The molecule has 2 aliphatic heterocycles. The van der Waals surface area contributed by atoms with Crippen LogP contribution in [0.1, 0.15) is 0 Å². The molecule has 0 spiro atoms. The molecule has 2 aliphatic rings. The van der Waals surface area contributed by atoms with Crippen LogP contribution in [0.2, 0.25) is 0 Å². The van der Waals surface area contributed by atoms with Gasteiger partial charge in [-0.3, -0.25) is 0 Å². The Labute approximate surface area is 97.5 Å². The lowest BCUT2D eigenvalue weighted by atomic mass is 10.1. The number of rotatable bonds is 0. The maximum absolute atomic E-state index is 12.9. The van der Waals surface area contributed by atoms with Crippen LogP contribution in [-0.2, 0) is 0 Å². The molecule has 0 unspecified atom stereocenters. The van der Waals surface area contributed by atoms with Crippen LogP contribution in [0.5, 0.6) is 0 Å². The van der Waals surface area contributed by atoms with Gasteiger partial charge < -0.3 is 0 Å². The molecule has 2 heterocycles. The fraction of sp³-hybridized carbons (Fsp3) is 0. The Morgan fingerprint density at radius 1 is 0.562 bits per heavy atom. The molecule has 0 N–H and O–H groups in total. The number of hydrogen-bond acceptors (Lipinski definition) is 2. The Kier molecular flexibility index (Phi) is 3.30. The molecule has 0 aromatic rings. The summed E-state index contributed by atoms with van der Waals surface area (Å²) in [6.07, 6.45) is 4.14. The Balaban J connectivity index is 2.48. The standard InChI is InChI=1S/C10H4F4S2/c11-7-1-5(2-8(12)15-7)6-3-9(13)16-10(14)4-6/h1-4H. The summed E-state index contributed by atoms with van der Waals surface area (Å²) in [7, 11) is 0. The summed E-state index contributed by atoms with van der Waals surface area (Å²) in [5.74, 6) is 0. The second-order valence-corrected chi connectivity index (χ2v) is 4.88. The second-order valence-electron chi connectivity index (χ2n) is 2.91. The highest BCUT2D eigenvalue weighted by Gasteiger charge is 2.16. The third-order valence-corrected chi connectivity index (χ3v) is 3.05. The number of allylic oxidation sites excluding steroid dienone is 6. The average molecular weight is 264 g/mol. The number of thioether (sulfide) groups is 2. The molecule has 0 aliphatic carbocycles. The highest BCUT2D eigenvalue weighted by Crippen LogP contribution is 2.39. The van der Waals surface area contributed by atoms with E-state index < -0.39 is 20.6 Å². The molecule has 0 saturated carbocycles. The molecule has 0 nitrogen and oxygen atoms in total. The molecule has 0 aromatic carbocycles. The van der Waals surface area contributed by atoms with E-state index in [4.69, 9.17) is 0 Å². The van der Waals surface area contributed by atoms with Crippen molar-refractivity contribution in [2.75, 3.05) is 0 Å². The largest absolute Gasteiger partial charge is 0.199 e. The minimum atomic E-state index is -0.747. The van der Waals surface area contributed by atoms with Gasteiger partial charge in [0.25, 0.3) is 0 Å². The van der Waals surface area contributed by atoms with E-state index in [1.165, 1.54) is 0 Å². The van der Waals surface area contributed by atoms with E-state index in [0.717, 1.165) is 24.3 Å². The monoisotopic (exact) mass is 264 g/mol. The van der Waals surface area contributed by atoms with Gasteiger partial charge in [-0.2, -0.15) is 17.6 Å².